The molecule has 0 saturated heterocycles. The van der Waals surface area contributed by atoms with E-state index in [-0.39, 0.29) is 5.56 Å². The minimum Gasteiger partial charge on any atom is -0.379 e. The van der Waals surface area contributed by atoms with Gasteiger partial charge in [0.15, 0.2) is 11.2 Å². The number of nitrogens with zero attached hydrogens (tertiary/aromatic N) is 3. The highest BCUT2D eigenvalue weighted by Gasteiger charge is 2.12. The van der Waals surface area contributed by atoms with E-state index in [0.29, 0.717) is 42.8 Å². The van der Waals surface area contributed by atoms with E-state index < -0.39 is 5.69 Å². The number of ether oxygens (including phenoxy) is 1. The number of imidazole rings is 1. The maximum atomic E-state index is 12.0. The molecule has 2 heterocycles. The van der Waals surface area contributed by atoms with Crippen molar-refractivity contribution in [2.75, 3.05) is 25.1 Å². The van der Waals surface area contributed by atoms with Gasteiger partial charge in [0.05, 0.1) is 6.61 Å². The van der Waals surface area contributed by atoms with Crippen molar-refractivity contribution < 1.29 is 4.74 Å². The van der Waals surface area contributed by atoms with Crippen molar-refractivity contribution in [3.8, 4) is 0 Å². The molecule has 0 aliphatic carbocycles. The molecule has 0 aliphatic rings. The van der Waals surface area contributed by atoms with Crippen LogP contribution in [0, 0.1) is 5.92 Å². The molecular weight excluding hydrogens is 274 g/mol. The van der Waals surface area contributed by atoms with Crippen molar-refractivity contribution in [1.29, 1.82) is 0 Å². The van der Waals surface area contributed by atoms with Gasteiger partial charge < -0.3 is 15.0 Å². The fraction of sp³-hybridized carbons (Fsp3) is 0.615. The number of anilines is 1. The fourth-order valence-corrected chi connectivity index (χ4v) is 1.97. The molecule has 2 aromatic rings. The SMILES string of the molecule is CC(C)COCCNc1nc2c([nH]1)c(=O)n(C)c(=O)n2C. The van der Waals surface area contributed by atoms with E-state index >= 15 is 0 Å². The van der Waals surface area contributed by atoms with Crippen LogP contribution in [0.1, 0.15) is 13.8 Å². The van der Waals surface area contributed by atoms with Crippen molar-refractivity contribution in [1.82, 2.24) is 19.1 Å². The molecule has 116 valence electrons. The summed E-state index contributed by atoms with van der Waals surface area (Å²) < 4.78 is 7.84. The van der Waals surface area contributed by atoms with Gasteiger partial charge in [-0.1, -0.05) is 13.8 Å². The zero-order valence-electron chi connectivity index (χ0n) is 12.8. The maximum Gasteiger partial charge on any atom is 0.332 e. The minimum atomic E-state index is -0.397. The molecule has 0 aromatic carbocycles. The lowest BCUT2D eigenvalue weighted by molar-refractivity contribution is 0.118. The number of nitrogens with one attached hydrogen (secondary N) is 2. The van der Waals surface area contributed by atoms with E-state index in [1.807, 2.05) is 0 Å². The summed E-state index contributed by atoms with van der Waals surface area (Å²) in [6.45, 7) is 6.00. The molecular formula is C13H21N5O3. The van der Waals surface area contributed by atoms with E-state index in [9.17, 15) is 9.59 Å². The summed E-state index contributed by atoms with van der Waals surface area (Å²) in [4.78, 5) is 30.9. The first-order valence-electron chi connectivity index (χ1n) is 6.89. The second kappa shape index (κ2) is 6.13. The van der Waals surface area contributed by atoms with Crippen molar-refractivity contribution in [3.63, 3.8) is 0 Å². The Morgan fingerprint density at radius 2 is 2.00 bits per heavy atom. The van der Waals surface area contributed by atoms with Gasteiger partial charge in [0.25, 0.3) is 5.56 Å². The Hall–Kier alpha value is -2.09. The van der Waals surface area contributed by atoms with Crippen LogP contribution >= 0.6 is 0 Å². The standard InChI is InChI=1S/C13H21N5O3/c1-8(2)7-21-6-5-14-12-15-9-10(16-12)17(3)13(20)18(4)11(9)19/h8H,5-7H2,1-4H3,(H2,14,15,16). The predicted octanol–water partition coefficient (Wildman–Crippen LogP) is 0.0448. The third-order valence-corrected chi connectivity index (χ3v) is 3.08. The summed E-state index contributed by atoms with van der Waals surface area (Å²) in [5.41, 5.74) is -0.130. The molecule has 8 nitrogen and oxygen atoms in total. The van der Waals surface area contributed by atoms with Crippen molar-refractivity contribution in [3.05, 3.63) is 20.8 Å². The van der Waals surface area contributed by atoms with Crippen LogP contribution in [0.25, 0.3) is 11.2 Å². The number of H-pyrrole nitrogens is 1. The van der Waals surface area contributed by atoms with Crippen LogP contribution in [0.3, 0.4) is 0 Å². The Balaban J connectivity index is 2.13. The van der Waals surface area contributed by atoms with Crippen LogP contribution in [-0.4, -0.2) is 38.9 Å². The molecule has 0 unspecified atom stereocenters. The van der Waals surface area contributed by atoms with Gasteiger partial charge in [-0.2, -0.15) is 4.98 Å². The molecule has 2 N–H and O–H groups in total. The molecule has 0 bridgehead atoms. The summed E-state index contributed by atoms with van der Waals surface area (Å²) in [7, 11) is 3.03. The van der Waals surface area contributed by atoms with Crippen LogP contribution in [0.15, 0.2) is 9.59 Å². The molecule has 0 amide bonds. The molecule has 21 heavy (non-hydrogen) atoms. The lowest BCUT2D eigenvalue weighted by Crippen LogP contribution is -2.36. The summed E-state index contributed by atoms with van der Waals surface area (Å²) in [6, 6.07) is 0. The Labute approximate surface area is 121 Å². The number of aromatic amines is 1. The van der Waals surface area contributed by atoms with Crippen molar-refractivity contribution >= 4 is 17.1 Å². The topological polar surface area (TPSA) is 93.9 Å². The van der Waals surface area contributed by atoms with Gasteiger partial charge in [0.2, 0.25) is 5.95 Å². The molecule has 0 atom stereocenters. The highest BCUT2D eigenvalue weighted by Crippen LogP contribution is 2.07. The number of hydrogen-bond donors (Lipinski definition) is 2. The van der Waals surface area contributed by atoms with E-state index in [0.717, 1.165) is 4.57 Å². The van der Waals surface area contributed by atoms with Gasteiger partial charge in [-0.15, -0.1) is 0 Å². The normalized spacial score (nSPS) is 11.5. The minimum absolute atomic E-state index is 0.310. The van der Waals surface area contributed by atoms with Crippen LogP contribution in [0.2, 0.25) is 0 Å². The maximum absolute atomic E-state index is 12.0. The van der Waals surface area contributed by atoms with E-state index in [2.05, 4.69) is 29.1 Å². The Kier molecular flexibility index (Phi) is 4.46. The average Bonchev–Trinajstić information content (AvgIpc) is 2.86. The molecule has 0 saturated carbocycles. The van der Waals surface area contributed by atoms with Gasteiger partial charge in [-0.25, -0.2) is 4.79 Å². The lowest BCUT2D eigenvalue weighted by atomic mass is 10.2. The second-order valence-electron chi connectivity index (χ2n) is 5.39. The quantitative estimate of drug-likeness (QED) is 0.734. The fourth-order valence-electron chi connectivity index (χ4n) is 1.97. The number of hydrogen-bond acceptors (Lipinski definition) is 5. The molecule has 8 heteroatoms. The number of aromatic nitrogens is 4. The van der Waals surface area contributed by atoms with E-state index in [4.69, 9.17) is 4.74 Å². The van der Waals surface area contributed by atoms with Gasteiger partial charge in [0.1, 0.15) is 0 Å². The summed E-state index contributed by atoms with van der Waals surface area (Å²) >= 11 is 0. The monoisotopic (exact) mass is 295 g/mol. The summed E-state index contributed by atoms with van der Waals surface area (Å²) in [5, 5.41) is 3.05. The van der Waals surface area contributed by atoms with E-state index in [1.54, 1.807) is 7.05 Å². The van der Waals surface area contributed by atoms with Gasteiger partial charge in [-0.3, -0.25) is 13.9 Å². The zero-order valence-corrected chi connectivity index (χ0v) is 12.8. The van der Waals surface area contributed by atoms with Gasteiger partial charge in [0, 0.05) is 27.2 Å². The molecule has 0 spiro atoms. The Bertz CT molecular complexity index is 741. The highest BCUT2D eigenvalue weighted by atomic mass is 16.5. The second-order valence-corrected chi connectivity index (χ2v) is 5.39. The lowest BCUT2D eigenvalue weighted by Gasteiger charge is -2.06. The van der Waals surface area contributed by atoms with Gasteiger partial charge >= 0.3 is 5.69 Å². The average molecular weight is 295 g/mol. The van der Waals surface area contributed by atoms with Gasteiger partial charge in [-0.05, 0) is 5.92 Å². The predicted molar refractivity (Wildman–Crippen MR) is 80.7 cm³/mol. The molecule has 2 rings (SSSR count). The largest absolute Gasteiger partial charge is 0.379 e. The van der Waals surface area contributed by atoms with Crippen LogP contribution in [0.4, 0.5) is 5.95 Å². The third-order valence-electron chi connectivity index (χ3n) is 3.08. The highest BCUT2D eigenvalue weighted by molar-refractivity contribution is 5.72. The number of fused-ring (bicyclic) bond motifs is 1. The Morgan fingerprint density at radius 1 is 1.29 bits per heavy atom. The summed E-state index contributed by atoms with van der Waals surface area (Å²) in [5.74, 6) is 0.949. The first kappa shape index (κ1) is 15.3. The third kappa shape index (κ3) is 3.15. The van der Waals surface area contributed by atoms with Crippen LogP contribution < -0.4 is 16.6 Å². The molecule has 0 fully saturated rings. The first-order valence-corrected chi connectivity index (χ1v) is 6.89. The molecule has 2 aromatic heterocycles. The first-order chi connectivity index (χ1) is 9.91. The number of aryl methyl sites for hydroxylation is 1. The van der Waals surface area contributed by atoms with Crippen molar-refractivity contribution in [2.45, 2.75) is 13.8 Å². The molecule has 0 aliphatic heterocycles. The number of rotatable bonds is 6. The van der Waals surface area contributed by atoms with Crippen molar-refractivity contribution in [2.24, 2.45) is 20.0 Å². The van der Waals surface area contributed by atoms with Crippen LogP contribution in [-0.2, 0) is 18.8 Å². The smallest absolute Gasteiger partial charge is 0.332 e. The van der Waals surface area contributed by atoms with E-state index in [1.165, 1.54) is 11.6 Å². The zero-order chi connectivity index (χ0) is 15.6. The van der Waals surface area contributed by atoms with Crippen LogP contribution in [0.5, 0.6) is 0 Å². The summed E-state index contributed by atoms with van der Waals surface area (Å²) in [6.07, 6.45) is 0. The Morgan fingerprint density at radius 3 is 2.67 bits per heavy atom. The molecule has 0 radical (unpaired) electrons.